The molecule has 1 saturated heterocycles. The van der Waals surface area contributed by atoms with E-state index in [1.807, 2.05) is 36.9 Å². The van der Waals surface area contributed by atoms with Crippen LogP contribution in [0.2, 0.25) is 0 Å². The number of carbonyl (C=O) groups is 1. The van der Waals surface area contributed by atoms with Crippen LogP contribution in [0.15, 0.2) is 18.2 Å². The van der Waals surface area contributed by atoms with Crippen LogP contribution in [0, 0.1) is 13.8 Å². The normalized spacial score (nSPS) is 20.2. The third-order valence-electron chi connectivity index (χ3n) is 3.35. The van der Waals surface area contributed by atoms with Crippen molar-refractivity contribution >= 4 is 5.91 Å². The second-order valence-electron chi connectivity index (χ2n) is 4.55. The van der Waals surface area contributed by atoms with Gasteiger partial charge >= 0.3 is 0 Å². The maximum absolute atomic E-state index is 12.2. The molecule has 1 heterocycles. The van der Waals surface area contributed by atoms with Gasteiger partial charge in [0, 0.05) is 24.7 Å². The van der Waals surface area contributed by atoms with Crippen LogP contribution in [0.4, 0.5) is 0 Å². The van der Waals surface area contributed by atoms with Gasteiger partial charge in [0.1, 0.15) is 0 Å². The van der Waals surface area contributed by atoms with Crippen molar-refractivity contribution in [2.24, 2.45) is 5.73 Å². The minimum Gasteiger partial charge on any atom is -0.337 e. The summed E-state index contributed by atoms with van der Waals surface area (Å²) in [5.74, 6) is 0.120. The lowest BCUT2D eigenvalue weighted by atomic mass is 10.0. The number of benzene rings is 1. The number of nitrogens with two attached hydrogens (primary N) is 1. The van der Waals surface area contributed by atoms with Crippen LogP contribution in [-0.4, -0.2) is 29.9 Å². The van der Waals surface area contributed by atoms with Gasteiger partial charge in [-0.15, -0.1) is 0 Å². The Labute approximate surface area is 96.2 Å². The number of rotatable bonds is 1. The summed E-state index contributed by atoms with van der Waals surface area (Å²) in [6.45, 7) is 5.50. The van der Waals surface area contributed by atoms with Gasteiger partial charge in [-0.1, -0.05) is 12.1 Å². The molecule has 2 N–H and O–H groups in total. The first-order valence-electron chi connectivity index (χ1n) is 5.70. The lowest BCUT2D eigenvalue weighted by molar-refractivity contribution is 0.0790. The number of aryl methyl sites for hydroxylation is 1. The summed E-state index contributed by atoms with van der Waals surface area (Å²) in [5, 5.41) is 0. The van der Waals surface area contributed by atoms with Crippen LogP contribution < -0.4 is 5.73 Å². The Morgan fingerprint density at radius 1 is 1.44 bits per heavy atom. The van der Waals surface area contributed by atoms with E-state index in [2.05, 4.69) is 0 Å². The smallest absolute Gasteiger partial charge is 0.254 e. The molecule has 0 bridgehead atoms. The van der Waals surface area contributed by atoms with Gasteiger partial charge in [0.05, 0.1) is 0 Å². The zero-order valence-corrected chi connectivity index (χ0v) is 9.86. The van der Waals surface area contributed by atoms with Crippen LogP contribution in [-0.2, 0) is 0 Å². The third kappa shape index (κ3) is 1.95. The van der Waals surface area contributed by atoms with Gasteiger partial charge in [-0.2, -0.15) is 0 Å². The maximum Gasteiger partial charge on any atom is 0.254 e. The SMILES string of the molecule is Cc1cccc(C(=O)N2CCC(N)C2)c1C. The second kappa shape index (κ2) is 4.26. The Kier molecular flexibility index (Phi) is 2.97. The van der Waals surface area contributed by atoms with Gasteiger partial charge in [-0.25, -0.2) is 0 Å². The first-order chi connectivity index (χ1) is 7.59. The third-order valence-corrected chi connectivity index (χ3v) is 3.35. The molecule has 16 heavy (non-hydrogen) atoms. The van der Waals surface area contributed by atoms with E-state index in [1.165, 1.54) is 0 Å². The van der Waals surface area contributed by atoms with Gasteiger partial charge in [-0.05, 0) is 37.5 Å². The summed E-state index contributed by atoms with van der Waals surface area (Å²) in [6, 6.07) is 6.01. The highest BCUT2D eigenvalue weighted by molar-refractivity contribution is 5.96. The summed E-state index contributed by atoms with van der Waals surface area (Å²) < 4.78 is 0. The first-order valence-corrected chi connectivity index (χ1v) is 5.70. The predicted octanol–water partition coefficient (Wildman–Crippen LogP) is 1.48. The van der Waals surface area contributed by atoms with Crippen LogP contribution in [0.5, 0.6) is 0 Å². The average Bonchev–Trinajstić information content (AvgIpc) is 2.68. The van der Waals surface area contributed by atoms with Crippen molar-refractivity contribution in [1.29, 1.82) is 0 Å². The molecule has 1 atom stereocenters. The van der Waals surface area contributed by atoms with E-state index in [-0.39, 0.29) is 11.9 Å². The van der Waals surface area contributed by atoms with Crippen LogP contribution >= 0.6 is 0 Å². The average molecular weight is 218 g/mol. The van der Waals surface area contributed by atoms with Gasteiger partial charge in [0.15, 0.2) is 0 Å². The van der Waals surface area contributed by atoms with E-state index >= 15 is 0 Å². The van der Waals surface area contributed by atoms with Crippen LogP contribution in [0.3, 0.4) is 0 Å². The zero-order chi connectivity index (χ0) is 11.7. The summed E-state index contributed by atoms with van der Waals surface area (Å²) in [6.07, 6.45) is 0.913. The van der Waals surface area contributed by atoms with E-state index in [0.717, 1.165) is 29.7 Å². The quantitative estimate of drug-likeness (QED) is 0.776. The summed E-state index contributed by atoms with van der Waals surface area (Å²) in [5.41, 5.74) is 8.87. The molecule has 1 fully saturated rings. The molecule has 86 valence electrons. The fourth-order valence-electron chi connectivity index (χ4n) is 2.12. The molecule has 3 heteroatoms. The molecular formula is C13H18N2O. The molecule has 0 aliphatic carbocycles. The lowest BCUT2D eigenvalue weighted by Crippen LogP contribution is -2.32. The fraction of sp³-hybridized carbons (Fsp3) is 0.462. The van der Waals surface area contributed by atoms with E-state index in [1.54, 1.807) is 0 Å². The molecule has 2 rings (SSSR count). The minimum atomic E-state index is 0.120. The minimum absolute atomic E-state index is 0.120. The zero-order valence-electron chi connectivity index (χ0n) is 9.86. The summed E-state index contributed by atoms with van der Waals surface area (Å²) >= 11 is 0. The number of hydrogen-bond acceptors (Lipinski definition) is 2. The van der Waals surface area contributed by atoms with Gasteiger partial charge in [-0.3, -0.25) is 4.79 Å². The van der Waals surface area contributed by atoms with E-state index in [4.69, 9.17) is 5.73 Å². The highest BCUT2D eigenvalue weighted by Gasteiger charge is 2.25. The standard InChI is InChI=1S/C13H18N2O/c1-9-4-3-5-12(10(9)2)13(16)15-7-6-11(14)8-15/h3-5,11H,6-8,14H2,1-2H3. The number of amides is 1. The van der Waals surface area contributed by atoms with Crippen molar-refractivity contribution in [2.75, 3.05) is 13.1 Å². The van der Waals surface area contributed by atoms with E-state index in [0.29, 0.717) is 6.54 Å². The number of hydrogen-bond donors (Lipinski definition) is 1. The molecule has 0 radical (unpaired) electrons. The largest absolute Gasteiger partial charge is 0.337 e. The Morgan fingerprint density at radius 3 is 2.81 bits per heavy atom. The molecule has 1 aliphatic rings. The molecule has 0 aromatic heterocycles. The molecule has 0 spiro atoms. The van der Waals surface area contributed by atoms with Gasteiger partial charge in [0.25, 0.3) is 5.91 Å². The fourth-order valence-corrected chi connectivity index (χ4v) is 2.12. The number of carbonyl (C=O) groups excluding carboxylic acids is 1. The molecule has 0 saturated carbocycles. The van der Waals surface area contributed by atoms with Crippen LogP contribution in [0.1, 0.15) is 27.9 Å². The molecule has 1 aliphatic heterocycles. The van der Waals surface area contributed by atoms with Crippen molar-refractivity contribution in [3.63, 3.8) is 0 Å². The molecule has 3 nitrogen and oxygen atoms in total. The Balaban J connectivity index is 2.24. The Morgan fingerprint density at radius 2 is 2.19 bits per heavy atom. The van der Waals surface area contributed by atoms with Crippen molar-refractivity contribution in [3.05, 3.63) is 34.9 Å². The number of likely N-dealkylation sites (tertiary alicyclic amines) is 1. The molecule has 1 aromatic rings. The summed E-state index contributed by atoms with van der Waals surface area (Å²) in [4.78, 5) is 14.1. The summed E-state index contributed by atoms with van der Waals surface area (Å²) in [7, 11) is 0. The predicted molar refractivity (Wildman–Crippen MR) is 64.4 cm³/mol. The highest BCUT2D eigenvalue weighted by atomic mass is 16.2. The molecular weight excluding hydrogens is 200 g/mol. The Bertz CT molecular complexity index is 414. The van der Waals surface area contributed by atoms with Crippen molar-refractivity contribution in [2.45, 2.75) is 26.3 Å². The first kappa shape index (κ1) is 11.1. The topological polar surface area (TPSA) is 46.3 Å². The molecule has 1 unspecified atom stereocenters. The van der Waals surface area contributed by atoms with Gasteiger partial charge < -0.3 is 10.6 Å². The Hall–Kier alpha value is -1.35. The molecule has 1 amide bonds. The van der Waals surface area contributed by atoms with Crippen molar-refractivity contribution in [3.8, 4) is 0 Å². The van der Waals surface area contributed by atoms with E-state index < -0.39 is 0 Å². The monoisotopic (exact) mass is 218 g/mol. The lowest BCUT2D eigenvalue weighted by Gasteiger charge is -2.17. The maximum atomic E-state index is 12.2. The van der Waals surface area contributed by atoms with Crippen LogP contribution in [0.25, 0.3) is 0 Å². The van der Waals surface area contributed by atoms with Crippen molar-refractivity contribution in [1.82, 2.24) is 4.90 Å². The second-order valence-corrected chi connectivity index (χ2v) is 4.55. The van der Waals surface area contributed by atoms with E-state index in [9.17, 15) is 4.79 Å². The molecule has 1 aromatic carbocycles. The van der Waals surface area contributed by atoms with Crippen molar-refractivity contribution < 1.29 is 4.79 Å². The van der Waals surface area contributed by atoms with Gasteiger partial charge in [0.2, 0.25) is 0 Å². The highest BCUT2D eigenvalue weighted by Crippen LogP contribution is 2.17. The number of nitrogens with zero attached hydrogens (tertiary/aromatic N) is 1.